The van der Waals surface area contributed by atoms with Crippen LogP contribution < -0.4 is 9.04 Å². The molecule has 0 amide bonds. The fourth-order valence-corrected chi connectivity index (χ4v) is 5.87. The summed E-state index contributed by atoms with van der Waals surface area (Å²) >= 11 is 0. The number of ketones is 1. The van der Waals surface area contributed by atoms with Crippen LogP contribution in [-0.2, 0) is 26.0 Å². The number of benzene rings is 2. The van der Waals surface area contributed by atoms with Gasteiger partial charge < -0.3 is 9.47 Å². The molecule has 164 valence electrons. The molecule has 1 aliphatic heterocycles. The lowest BCUT2D eigenvalue weighted by Gasteiger charge is -2.31. The van der Waals surface area contributed by atoms with Gasteiger partial charge in [-0.1, -0.05) is 18.2 Å². The van der Waals surface area contributed by atoms with E-state index in [1.165, 1.54) is 29.6 Å². The molecule has 1 heterocycles. The Hall–Kier alpha value is -2.87. The van der Waals surface area contributed by atoms with E-state index in [2.05, 4.69) is 0 Å². The molecule has 0 bridgehead atoms. The minimum absolute atomic E-state index is 0.0723. The van der Waals surface area contributed by atoms with Gasteiger partial charge in [-0.05, 0) is 61.9 Å². The molecule has 2 aromatic carbocycles. The molecule has 31 heavy (non-hydrogen) atoms. The number of methoxy groups -OCH3 is 1. The molecule has 2 aromatic rings. The third kappa shape index (κ3) is 4.17. The summed E-state index contributed by atoms with van der Waals surface area (Å²) in [5, 5.41) is 0. The first-order valence-corrected chi connectivity index (χ1v) is 11.9. The molecule has 7 nitrogen and oxygen atoms in total. The minimum Gasteiger partial charge on any atom is -0.495 e. The molecular formula is C23H25NO6S. The number of nitrogens with zero attached hydrogens (tertiary/aromatic N) is 1. The number of rotatable bonds is 5. The van der Waals surface area contributed by atoms with Gasteiger partial charge in [0.2, 0.25) is 0 Å². The number of esters is 1. The van der Waals surface area contributed by atoms with Crippen molar-refractivity contribution in [3.63, 3.8) is 0 Å². The van der Waals surface area contributed by atoms with Gasteiger partial charge in [0.25, 0.3) is 10.0 Å². The Kier molecular flexibility index (Phi) is 6.00. The first kappa shape index (κ1) is 21.4. The van der Waals surface area contributed by atoms with Crippen LogP contribution in [0.2, 0.25) is 0 Å². The number of hydrogen-bond donors (Lipinski definition) is 0. The highest BCUT2D eigenvalue weighted by Crippen LogP contribution is 2.35. The number of carbonyl (C=O) groups is 2. The summed E-state index contributed by atoms with van der Waals surface area (Å²) in [7, 11) is -2.60. The van der Waals surface area contributed by atoms with E-state index in [-0.39, 0.29) is 22.0 Å². The maximum Gasteiger partial charge on any atom is 0.338 e. The molecule has 1 aliphatic carbocycles. The molecule has 8 heteroatoms. The second kappa shape index (κ2) is 8.70. The van der Waals surface area contributed by atoms with Crippen molar-refractivity contribution in [3.05, 3.63) is 53.6 Å². The van der Waals surface area contributed by atoms with Gasteiger partial charge in [0.1, 0.15) is 10.6 Å². The minimum atomic E-state index is -3.98. The van der Waals surface area contributed by atoms with Gasteiger partial charge in [-0.15, -0.1) is 0 Å². The Morgan fingerprint density at radius 1 is 1.06 bits per heavy atom. The molecule has 1 unspecified atom stereocenters. The normalized spacial score (nSPS) is 18.9. The van der Waals surface area contributed by atoms with E-state index in [4.69, 9.17) is 9.47 Å². The van der Waals surface area contributed by atoms with Crippen molar-refractivity contribution >= 4 is 27.5 Å². The highest BCUT2D eigenvalue weighted by molar-refractivity contribution is 7.93. The molecule has 0 N–H and O–H groups in total. The second-order valence-electron chi connectivity index (χ2n) is 7.78. The van der Waals surface area contributed by atoms with Crippen LogP contribution in [0.1, 0.15) is 48.0 Å². The van der Waals surface area contributed by atoms with Crippen LogP contribution in [-0.4, -0.2) is 39.9 Å². The van der Waals surface area contributed by atoms with E-state index >= 15 is 0 Å². The number of Topliss-reactive ketones (excluding diaryl/α,β-unsaturated/α-hetero) is 1. The van der Waals surface area contributed by atoms with Gasteiger partial charge in [-0.2, -0.15) is 0 Å². The predicted molar refractivity (Wildman–Crippen MR) is 115 cm³/mol. The molecule has 0 radical (unpaired) electrons. The number of ether oxygens (including phenoxy) is 2. The number of anilines is 1. The van der Waals surface area contributed by atoms with Crippen LogP contribution >= 0.6 is 0 Å². The Balaban J connectivity index is 1.68. The zero-order chi connectivity index (χ0) is 22.0. The van der Waals surface area contributed by atoms with Gasteiger partial charge in [-0.25, -0.2) is 13.2 Å². The number of sulfonamides is 1. The molecule has 0 aromatic heterocycles. The molecule has 0 spiro atoms. The summed E-state index contributed by atoms with van der Waals surface area (Å²) < 4.78 is 39.2. The summed E-state index contributed by atoms with van der Waals surface area (Å²) in [5.41, 5.74) is 1.67. The summed E-state index contributed by atoms with van der Waals surface area (Å²) in [4.78, 5) is 24.6. The third-order valence-electron chi connectivity index (χ3n) is 5.78. The summed E-state index contributed by atoms with van der Waals surface area (Å²) in [6.45, 7) is 0.341. The molecule has 1 saturated carbocycles. The summed E-state index contributed by atoms with van der Waals surface area (Å²) in [6, 6.07) is 11.6. The van der Waals surface area contributed by atoms with E-state index in [0.717, 1.165) is 24.8 Å². The third-order valence-corrected chi connectivity index (χ3v) is 7.62. The molecule has 1 atom stereocenters. The van der Waals surface area contributed by atoms with E-state index < -0.39 is 22.1 Å². The Morgan fingerprint density at radius 3 is 2.65 bits per heavy atom. The highest BCUT2D eigenvalue weighted by atomic mass is 32.2. The van der Waals surface area contributed by atoms with Gasteiger partial charge in [0.05, 0.1) is 18.4 Å². The van der Waals surface area contributed by atoms with E-state index in [9.17, 15) is 18.0 Å². The molecular weight excluding hydrogens is 418 g/mol. The van der Waals surface area contributed by atoms with E-state index in [1.807, 2.05) is 12.1 Å². The van der Waals surface area contributed by atoms with Crippen molar-refractivity contribution in [1.29, 1.82) is 0 Å². The number of carbonyl (C=O) groups excluding carboxylic acids is 2. The van der Waals surface area contributed by atoms with Gasteiger partial charge >= 0.3 is 5.97 Å². The predicted octanol–water partition coefficient (Wildman–Crippen LogP) is 3.51. The van der Waals surface area contributed by atoms with Crippen molar-refractivity contribution < 1.29 is 27.5 Å². The topological polar surface area (TPSA) is 90.0 Å². The average Bonchev–Trinajstić information content (AvgIpc) is 2.79. The second-order valence-corrected chi connectivity index (χ2v) is 9.61. The highest BCUT2D eigenvalue weighted by Gasteiger charge is 2.33. The maximum absolute atomic E-state index is 13.6. The Morgan fingerprint density at radius 2 is 1.87 bits per heavy atom. The number of hydrogen-bond acceptors (Lipinski definition) is 6. The number of fused-ring (bicyclic) bond motifs is 1. The van der Waals surface area contributed by atoms with Crippen molar-refractivity contribution in [3.8, 4) is 5.75 Å². The van der Waals surface area contributed by atoms with Crippen LogP contribution in [0.25, 0.3) is 0 Å². The van der Waals surface area contributed by atoms with E-state index in [0.29, 0.717) is 31.5 Å². The Labute approximate surface area is 182 Å². The number of aryl methyl sites for hydroxylation is 1. The fourth-order valence-electron chi connectivity index (χ4n) is 4.15. The average molecular weight is 444 g/mol. The van der Waals surface area contributed by atoms with Gasteiger partial charge in [0, 0.05) is 13.0 Å². The van der Waals surface area contributed by atoms with Gasteiger partial charge in [0.15, 0.2) is 11.9 Å². The van der Waals surface area contributed by atoms with Crippen LogP contribution in [0, 0.1) is 0 Å². The first-order valence-electron chi connectivity index (χ1n) is 10.4. The van der Waals surface area contributed by atoms with Crippen molar-refractivity contribution in [2.75, 3.05) is 18.0 Å². The molecule has 1 fully saturated rings. The van der Waals surface area contributed by atoms with Crippen LogP contribution in [0.5, 0.6) is 5.75 Å². The Bertz CT molecular complexity index is 1110. The quantitative estimate of drug-likeness (QED) is 0.657. The fraction of sp³-hybridized carbons (Fsp3) is 0.391. The zero-order valence-corrected chi connectivity index (χ0v) is 18.2. The van der Waals surface area contributed by atoms with Crippen LogP contribution in [0.4, 0.5) is 5.69 Å². The van der Waals surface area contributed by atoms with Crippen molar-refractivity contribution in [1.82, 2.24) is 0 Å². The largest absolute Gasteiger partial charge is 0.495 e. The standard InChI is InChI=1S/C23H25NO6S/c1-29-21-13-12-17(23(26)30-20-11-5-4-10-19(20)25)15-22(21)31(27,28)24-14-6-8-16-7-2-3-9-18(16)24/h2-3,7,9,12-13,15,20H,4-6,8,10-11,14H2,1H3. The van der Waals surface area contributed by atoms with Gasteiger partial charge in [-0.3, -0.25) is 9.10 Å². The summed E-state index contributed by atoms with van der Waals surface area (Å²) in [6.07, 6.45) is 3.25. The van der Waals surface area contributed by atoms with E-state index in [1.54, 1.807) is 12.1 Å². The monoisotopic (exact) mass is 443 g/mol. The molecule has 0 saturated heterocycles. The first-order chi connectivity index (χ1) is 14.9. The lowest BCUT2D eigenvalue weighted by Crippen LogP contribution is -2.35. The van der Waals surface area contributed by atoms with Crippen molar-refractivity contribution in [2.45, 2.75) is 49.5 Å². The zero-order valence-electron chi connectivity index (χ0n) is 17.4. The number of para-hydroxylation sites is 1. The molecule has 4 rings (SSSR count). The summed E-state index contributed by atoms with van der Waals surface area (Å²) in [5.74, 6) is -0.655. The van der Waals surface area contributed by atoms with Crippen molar-refractivity contribution in [2.24, 2.45) is 0 Å². The molecule has 2 aliphatic rings. The van der Waals surface area contributed by atoms with Crippen LogP contribution in [0.15, 0.2) is 47.4 Å². The van der Waals surface area contributed by atoms with Crippen LogP contribution in [0.3, 0.4) is 0 Å². The SMILES string of the molecule is COc1ccc(C(=O)OC2CCCCC2=O)cc1S(=O)(=O)N1CCCc2ccccc21. The smallest absolute Gasteiger partial charge is 0.338 e. The lowest BCUT2D eigenvalue weighted by atomic mass is 9.96. The maximum atomic E-state index is 13.6. The lowest BCUT2D eigenvalue weighted by molar-refractivity contribution is -0.129.